The third-order valence-electron chi connectivity index (χ3n) is 4.53. The zero-order valence-corrected chi connectivity index (χ0v) is 14.2. The molecule has 0 spiro atoms. The van der Waals surface area contributed by atoms with Crippen molar-refractivity contribution in [1.82, 2.24) is 5.32 Å². The van der Waals surface area contributed by atoms with Crippen molar-refractivity contribution >= 4 is 15.9 Å². The van der Waals surface area contributed by atoms with Crippen LogP contribution in [0.5, 0.6) is 11.5 Å². The van der Waals surface area contributed by atoms with Crippen molar-refractivity contribution in [3.05, 3.63) is 22.2 Å². The Morgan fingerprint density at radius 3 is 2.35 bits per heavy atom. The van der Waals surface area contributed by atoms with Gasteiger partial charge >= 0.3 is 0 Å². The maximum absolute atomic E-state index is 5.36. The van der Waals surface area contributed by atoms with Crippen molar-refractivity contribution in [1.29, 1.82) is 0 Å². The van der Waals surface area contributed by atoms with E-state index in [1.807, 2.05) is 12.1 Å². The quantitative estimate of drug-likeness (QED) is 0.808. The molecule has 0 bridgehead atoms. The van der Waals surface area contributed by atoms with Crippen LogP contribution in [-0.2, 0) is 6.54 Å². The van der Waals surface area contributed by atoms with Gasteiger partial charge in [0.25, 0.3) is 0 Å². The highest BCUT2D eigenvalue weighted by molar-refractivity contribution is 9.10. The number of rotatable bonds is 7. The molecule has 0 amide bonds. The molecule has 4 heteroatoms. The lowest BCUT2D eigenvalue weighted by atomic mass is 9.67. The molecule has 0 saturated heterocycles. The minimum absolute atomic E-state index is 0.545. The Bertz CT molecular complexity index is 453. The van der Waals surface area contributed by atoms with Crippen molar-refractivity contribution < 1.29 is 9.47 Å². The average molecular weight is 342 g/mol. The number of hydrogen-bond acceptors (Lipinski definition) is 3. The van der Waals surface area contributed by atoms with Crippen LogP contribution in [0, 0.1) is 5.41 Å². The van der Waals surface area contributed by atoms with Gasteiger partial charge in [0, 0.05) is 17.6 Å². The van der Waals surface area contributed by atoms with E-state index in [9.17, 15) is 0 Å². The molecule has 1 aliphatic rings. The second-order valence-electron chi connectivity index (χ2n) is 5.61. The van der Waals surface area contributed by atoms with Crippen molar-refractivity contribution in [2.24, 2.45) is 5.41 Å². The minimum Gasteiger partial charge on any atom is -0.493 e. The molecule has 0 unspecified atom stereocenters. The largest absolute Gasteiger partial charge is 0.493 e. The molecule has 112 valence electrons. The van der Waals surface area contributed by atoms with Crippen LogP contribution in [0.15, 0.2) is 16.6 Å². The second kappa shape index (κ2) is 6.81. The van der Waals surface area contributed by atoms with Gasteiger partial charge in [0.2, 0.25) is 0 Å². The first-order valence-corrected chi connectivity index (χ1v) is 8.04. The molecule has 0 aromatic heterocycles. The molecule has 1 N–H and O–H groups in total. The summed E-state index contributed by atoms with van der Waals surface area (Å²) in [5.41, 5.74) is 1.75. The predicted octanol–water partition coefficient (Wildman–Crippen LogP) is 4.14. The van der Waals surface area contributed by atoms with Crippen LogP contribution in [0.2, 0.25) is 0 Å². The average Bonchev–Trinajstić information content (AvgIpc) is 2.42. The number of halogens is 1. The molecule has 20 heavy (non-hydrogen) atoms. The summed E-state index contributed by atoms with van der Waals surface area (Å²) in [6, 6.07) is 4.00. The third-order valence-corrected chi connectivity index (χ3v) is 5.27. The lowest BCUT2D eigenvalue weighted by Gasteiger charge is -2.41. The number of ether oxygens (including phenoxy) is 2. The highest BCUT2D eigenvalue weighted by Gasteiger charge is 2.34. The summed E-state index contributed by atoms with van der Waals surface area (Å²) < 4.78 is 11.7. The van der Waals surface area contributed by atoms with E-state index in [-0.39, 0.29) is 0 Å². The molecule has 1 aliphatic carbocycles. The molecule has 2 rings (SSSR count). The van der Waals surface area contributed by atoms with E-state index in [2.05, 4.69) is 28.2 Å². The molecule has 0 aliphatic heterocycles. The second-order valence-corrected chi connectivity index (χ2v) is 6.46. The van der Waals surface area contributed by atoms with E-state index in [0.29, 0.717) is 5.41 Å². The van der Waals surface area contributed by atoms with Gasteiger partial charge in [-0.05, 0) is 42.4 Å². The molecule has 1 saturated carbocycles. The number of methoxy groups -OCH3 is 2. The van der Waals surface area contributed by atoms with Crippen LogP contribution in [0.3, 0.4) is 0 Å². The Morgan fingerprint density at radius 1 is 1.20 bits per heavy atom. The number of hydrogen-bond donors (Lipinski definition) is 1. The zero-order valence-electron chi connectivity index (χ0n) is 12.6. The fourth-order valence-electron chi connectivity index (χ4n) is 2.83. The summed E-state index contributed by atoms with van der Waals surface area (Å²) in [5, 5.41) is 3.60. The van der Waals surface area contributed by atoms with Crippen molar-refractivity contribution in [2.75, 3.05) is 20.8 Å². The molecular weight excluding hydrogens is 318 g/mol. The van der Waals surface area contributed by atoms with Crippen LogP contribution in [-0.4, -0.2) is 20.8 Å². The Labute approximate surface area is 130 Å². The molecule has 0 radical (unpaired) electrons. The molecule has 3 nitrogen and oxygen atoms in total. The van der Waals surface area contributed by atoms with E-state index in [1.165, 1.54) is 31.2 Å². The SMILES string of the molecule is CCC1(CNCc2cc(OC)c(OC)cc2Br)CCC1. The minimum atomic E-state index is 0.545. The van der Waals surface area contributed by atoms with Gasteiger partial charge in [0.15, 0.2) is 11.5 Å². The van der Waals surface area contributed by atoms with Gasteiger partial charge < -0.3 is 14.8 Å². The number of benzene rings is 1. The fraction of sp³-hybridized carbons (Fsp3) is 0.625. The van der Waals surface area contributed by atoms with Crippen LogP contribution in [0.1, 0.15) is 38.2 Å². The molecule has 1 aromatic carbocycles. The molecule has 1 aromatic rings. The highest BCUT2D eigenvalue weighted by Crippen LogP contribution is 2.43. The van der Waals surface area contributed by atoms with Gasteiger partial charge in [0.1, 0.15) is 0 Å². The van der Waals surface area contributed by atoms with Gasteiger partial charge in [0.05, 0.1) is 14.2 Å². The Morgan fingerprint density at radius 2 is 1.85 bits per heavy atom. The lowest BCUT2D eigenvalue weighted by molar-refractivity contribution is 0.124. The maximum Gasteiger partial charge on any atom is 0.161 e. The topological polar surface area (TPSA) is 30.5 Å². The first-order chi connectivity index (χ1) is 9.64. The first-order valence-electron chi connectivity index (χ1n) is 7.25. The Hall–Kier alpha value is -0.740. The van der Waals surface area contributed by atoms with Gasteiger partial charge in [-0.15, -0.1) is 0 Å². The van der Waals surface area contributed by atoms with Crippen molar-refractivity contribution in [2.45, 2.75) is 39.2 Å². The van der Waals surface area contributed by atoms with Gasteiger partial charge in [-0.25, -0.2) is 0 Å². The van der Waals surface area contributed by atoms with E-state index < -0.39 is 0 Å². The molecule has 0 heterocycles. The maximum atomic E-state index is 5.36. The van der Waals surface area contributed by atoms with E-state index in [0.717, 1.165) is 29.1 Å². The Kier molecular flexibility index (Phi) is 5.33. The summed E-state index contributed by atoms with van der Waals surface area (Å²) in [7, 11) is 3.33. The normalized spacial score (nSPS) is 16.6. The molecule has 0 atom stereocenters. The Balaban J connectivity index is 1.98. The zero-order chi connectivity index (χ0) is 14.6. The van der Waals surface area contributed by atoms with Crippen molar-refractivity contribution in [3.8, 4) is 11.5 Å². The van der Waals surface area contributed by atoms with E-state index >= 15 is 0 Å². The predicted molar refractivity (Wildman–Crippen MR) is 85.5 cm³/mol. The third kappa shape index (κ3) is 3.29. The van der Waals surface area contributed by atoms with E-state index in [1.54, 1.807) is 14.2 Å². The summed E-state index contributed by atoms with van der Waals surface area (Å²) in [4.78, 5) is 0. The summed E-state index contributed by atoms with van der Waals surface area (Å²) in [6.07, 6.45) is 5.38. The van der Waals surface area contributed by atoms with Gasteiger partial charge in [-0.2, -0.15) is 0 Å². The van der Waals surface area contributed by atoms with Gasteiger partial charge in [-0.3, -0.25) is 0 Å². The van der Waals surface area contributed by atoms with Crippen molar-refractivity contribution in [3.63, 3.8) is 0 Å². The summed E-state index contributed by atoms with van der Waals surface area (Å²) in [5.74, 6) is 1.54. The standard InChI is InChI=1S/C16H24BrNO2/c1-4-16(6-5-7-16)11-18-10-12-8-14(19-2)15(20-3)9-13(12)17/h8-9,18H,4-7,10-11H2,1-3H3. The lowest BCUT2D eigenvalue weighted by Crippen LogP contribution is -2.39. The van der Waals surface area contributed by atoms with Crippen LogP contribution >= 0.6 is 15.9 Å². The van der Waals surface area contributed by atoms with Crippen LogP contribution in [0.4, 0.5) is 0 Å². The van der Waals surface area contributed by atoms with E-state index in [4.69, 9.17) is 9.47 Å². The monoisotopic (exact) mass is 341 g/mol. The highest BCUT2D eigenvalue weighted by atomic mass is 79.9. The smallest absolute Gasteiger partial charge is 0.161 e. The first kappa shape index (κ1) is 15.6. The molecule has 1 fully saturated rings. The van der Waals surface area contributed by atoms with Crippen LogP contribution < -0.4 is 14.8 Å². The van der Waals surface area contributed by atoms with Crippen LogP contribution in [0.25, 0.3) is 0 Å². The number of nitrogens with one attached hydrogen (secondary N) is 1. The van der Waals surface area contributed by atoms with Gasteiger partial charge in [-0.1, -0.05) is 29.3 Å². The summed E-state index contributed by atoms with van der Waals surface area (Å²) >= 11 is 3.60. The summed E-state index contributed by atoms with van der Waals surface area (Å²) in [6.45, 7) is 4.25. The fourth-order valence-corrected chi connectivity index (χ4v) is 3.29. The molecular formula is C16H24BrNO2.